The average Bonchev–Trinajstić information content (AvgIpc) is 2.72. The predicted octanol–water partition coefficient (Wildman–Crippen LogP) is 4.02. The first-order chi connectivity index (χ1) is 7.99. The van der Waals surface area contributed by atoms with Crippen LogP contribution < -0.4 is 0 Å². The molecule has 0 aliphatic heterocycles. The van der Waals surface area contributed by atoms with E-state index in [-0.39, 0.29) is 5.76 Å². The summed E-state index contributed by atoms with van der Waals surface area (Å²) in [6.07, 6.45) is 0. The summed E-state index contributed by atoms with van der Waals surface area (Å²) < 4.78 is 6.32. The molecule has 0 atom stereocenters. The van der Waals surface area contributed by atoms with Gasteiger partial charge in [0.1, 0.15) is 5.76 Å². The highest BCUT2D eigenvalue weighted by molar-refractivity contribution is 9.10. The number of aromatic carboxylic acids is 1. The standard InChI is InChI=1S/C13H11BrO3/c1-7-6-10(14)8(2)5-9(7)11-3-4-12(17-11)13(15)16/h3-6H,1-2H3,(H,15,16). The second-order valence-corrected chi connectivity index (χ2v) is 4.74. The van der Waals surface area contributed by atoms with Crippen molar-refractivity contribution in [1.29, 1.82) is 0 Å². The molecular formula is C13H11BrO3. The van der Waals surface area contributed by atoms with Crippen molar-refractivity contribution in [3.8, 4) is 11.3 Å². The van der Waals surface area contributed by atoms with Crippen LogP contribution in [0.15, 0.2) is 33.2 Å². The Bertz CT molecular complexity index is 584. The number of carboxylic acids is 1. The van der Waals surface area contributed by atoms with Gasteiger partial charge in [-0.3, -0.25) is 0 Å². The lowest BCUT2D eigenvalue weighted by Crippen LogP contribution is -1.91. The zero-order valence-corrected chi connectivity index (χ0v) is 11.0. The largest absolute Gasteiger partial charge is 0.475 e. The summed E-state index contributed by atoms with van der Waals surface area (Å²) >= 11 is 3.46. The van der Waals surface area contributed by atoms with E-state index in [1.165, 1.54) is 6.07 Å². The van der Waals surface area contributed by atoms with Gasteiger partial charge in [-0.15, -0.1) is 0 Å². The molecule has 3 nitrogen and oxygen atoms in total. The number of benzene rings is 1. The monoisotopic (exact) mass is 294 g/mol. The minimum Gasteiger partial charge on any atom is -0.475 e. The minimum absolute atomic E-state index is 0.0417. The summed E-state index contributed by atoms with van der Waals surface area (Å²) in [7, 11) is 0. The Hall–Kier alpha value is -1.55. The number of hydrogen-bond donors (Lipinski definition) is 1. The van der Waals surface area contributed by atoms with E-state index in [2.05, 4.69) is 15.9 Å². The highest BCUT2D eigenvalue weighted by atomic mass is 79.9. The van der Waals surface area contributed by atoms with Crippen LogP contribution in [-0.4, -0.2) is 11.1 Å². The molecule has 0 aliphatic rings. The Morgan fingerprint density at radius 1 is 1.24 bits per heavy atom. The molecule has 0 fully saturated rings. The quantitative estimate of drug-likeness (QED) is 0.910. The first-order valence-corrected chi connectivity index (χ1v) is 5.88. The number of aryl methyl sites for hydroxylation is 2. The van der Waals surface area contributed by atoms with Gasteiger partial charge in [0.05, 0.1) is 0 Å². The van der Waals surface area contributed by atoms with Crippen LogP contribution in [0.5, 0.6) is 0 Å². The van der Waals surface area contributed by atoms with Gasteiger partial charge in [-0.25, -0.2) is 4.79 Å². The molecule has 1 heterocycles. The van der Waals surface area contributed by atoms with Crippen molar-refractivity contribution in [2.75, 3.05) is 0 Å². The van der Waals surface area contributed by atoms with Crippen molar-refractivity contribution in [3.05, 3.63) is 45.6 Å². The second-order valence-electron chi connectivity index (χ2n) is 3.89. The fraction of sp³-hybridized carbons (Fsp3) is 0.154. The van der Waals surface area contributed by atoms with Crippen molar-refractivity contribution in [1.82, 2.24) is 0 Å². The molecule has 0 saturated heterocycles. The molecule has 0 unspecified atom stereocenters. The second kappa shape index (κ2) is 4.37. The van der Waals surface area contributed by atoms with Gasteiger partial charge in [-0.2, -0.15) is 0 Å². The van der Waals surface area contributed by atoms with Gasteiger partial charge >= 0.3 is 5.97 Å². The van der Waals surface area contributed by atoms with Crippen molar-refractivity contribution in [2.45, 2.75) is 13.8 Å². The minimum atomic E-state index is -1.05. The van der Waals surface area contributed by atoms with Gasteiger partial charge in [0.25, 0.3) is 0 Å². The van der Waals surface area contributed by atoms with Gasteiger partial charge in [-0.1, -0.05) is 15.9 Å². The number of furan rings is 1. The predicted molar refractivity (Wildman–Crippen MR) is 68.3 cm³/mol. The van der Waals surface area contributed by atoms with Crippen LogP contribution in [-0.2, 0) is 0 Å². The Labute approximate surface area is 107 Å². The van der Waals surface area contributed by atoms with Crippen LogP contribution in [0.3, 0.4) is 0 Å². The third kappa shape index (κ3) is 2.26. The van der Waals surface area contributed by atoms with E-state index in [0.717, 1.165) is 21.2 Å². The number of hydrogen-bond acceptors (Lipinski definition) is 2. The van der Waals surface area contributed by atoms with Gasteiger partial charge < -0.3 is 9.52 Å². The Balaban J connectivity index is 2.52. The molecule has 1 aromatic carbocycles. The normalized spacial score (nSPS) is 10.5. The van der Waals surface area contributed by atoms with Gasteiger partial charge in [0.2, 0.25) is 5.76 Å². The molecule has 0 spiro atoms. The number of rotatable bonds is 2. The van der Waals surface area contributed by atoms with E-state index >= 15 is 0 Å². The van der Waals surface area contributed by atoms with Crippen LogP contribution in [0.2, 0.25) is 0 Å². The third-order valence-corrected chi connectivity index (χ3v) is 3.44. The molecule has 2 aromatic rings. The maximum Gasteiger partial charge on any atom is 0.371 e. The number of carboxylic acid groups (broad SMARTS) is 1. The number of halogens is 1. The Morgan fingerprint density at radius 3 is 2.53 bits per heavy atom. The summed E-state index contributed by atoms with van der Waals surface area (Å²) in [4.78, 5) is 10.8. The molecule has 0 amide bonds. The molecule has 2 rings (SSSR count). The van der Waals surface area contributed by atoms with Crippen LogP contribution in [0, 0.1) is 13.8 Å². The van der Waals surface area contributed by atoms with Gasteiger partial charge in [-0.05, 0) is 49.2 Å². The van der Waals surface area contributed by atoms with E-state index in [1.54, 1.807) is 6.07 Å². The zero-order chi connectivity index (χ0) is 12.6. The van der Waals surface area contributed by atoms with E-state index in [4.69, 9.17) is 9.52 Å². The molecule has 4 heteroatoms. The Kier molecular flexibility index (Phi) is 3.07. The van der Waals surface area contributed by atoms with Gasteiger partial charge in [0.15, 0.2) is 0 Å². The highest BCUT2D eigenvalue weighted by Gasteiger charge is 2.12. The molecule has 1 aromatic heterocycles. The molecule has 1 N–H and O–H groups in total. The summed E-state index contributed by atoms with van der Waals surface area (Å²) in [6.45, 7) is 3.94. The molecule has 0 aliphatic carbocycles. The van der Waals surface area contributed by atoms with E-state index in [9.17, 15) is 4.79 Å². The molecule has 88 valence electrons. The molecule has 0 radical (unpaired) electrons. The highest BCUT2D eigenvalue weighted by Crippen LogP contribution is 2.30. The molecular weight excluding hydrogens is 284 g/mol. The van der Waals surface area contributed by atoms with Crippen molar-refractivity contribution in [2.24, 2.45) is 0 Å². The first kappa shape index (κ1) is 11.9. The van der Waals surface area contributed by atoms with Crippen LogP contribution in [0.1, 0.15) is 21.7 Å². The molecule has 17 heavy (non-hydrogen) atoms. The first-order valence-electron chi connectivity index (χ1n) is 5.09. The SMILES string of the molecule is Cc1cc(-c2ccc(C(=O)O)o2)c(C)cc1Br. The van der Waals surface area contributed by atoms with Gasteiger partial charge in [0, 0.05) is 10.0 Å². The fourth-order valence-electron chi connectivity index (χ4n) is 1.64. The lowest BCUT2D eigenvalue weighted by molar-refractivity contribution is 0.0663. The maximum atomic E-state index is 10.8. The number of carbonyl (C=O) groups is 1. The third-order valence-electron chi connectivity index (χ3n) is 2.59. The Morgan fingerprint density at radius 2 is 1.94 bits per heavy atom. The molecule has 0 saturated carbocycles. The van der Waals surface area contributed by atoms with Crippen molar-refractivity contribution >= 4 is 21.9 Å². The summed E-state index contributed by atoms with van der Waals surface area (Å²) in [6, 6.07) is 7.12. The topological polar surface area (TPSA) is 50.4 Å². The summed E-state index contributed by atoms with van der Waals surface area (Å²) in [5, 5.41) is 8.81. The van der Waals surface area contributed by atoms with E-state index < -0.39 is 5.97 Å². The van der Waals surface area contributed by atoms with Crippen LogP contribution in [0.25, 0.3) is 11.3 Å². The summed E-state index contributed by atoms with van der Waals surface area (Å²) in [5.74, 6) is -0.516. The summed E-state index contributed by atoms with van der Waals surface area (Å²) in [5.41, 5.74) is 3.03. The maximum absolute atomic E-state index is 10.8. The van der Waals surface area contributed by atoms with Crippen molar-refractivity contribution in [3.63, 3.8) is 0 Å². The van der Waals surface area contributed by atoms with Crippen LogP contribution in [0.4, 0.5) is 0 Å². The average molecular weight is 295 g/mol. The zero-order valence-electron chi connectivity index (χ0n) is 9.45. The fourth-order valence-corrected chi connectivity index (χ4v) is 2.10. The van der Waals surface area contributed by atoms with Crippen molar-refractivity contribution < 1.29 is 14.3 Å². The van der Waals surface area contributed by atoms with E-state index in [1.807, 2.05) is 26.0 Å². The smallest absolute Gasteiger partial charge is 0.371 e. The lowest BCUT2D eigenvalue weighted by atomic mass is 10.0. The lowest BCUT2D eigenvalue weighted by Gasteiger charge is -2.06. The molecule has 0 bridgehead atoms. The van der Waals surface area contributed by atoms with Crippen LogP contribution >= 0.6 is 15.9 Å². The van der Waals surface area contributed by atoms with E-state index in [0.29, 0.717) is 5.76 Å².